The lowest BCUT2D eigenvalue weighted by Crippen LogP contribution is -2.46. The van der Waals surface area contributed by atoms with Gasteiger partial charge >= 0.3 is 0 Å². The van der Waals surface area contributed by atoms with E-state index in [1.165, 1.54) is 12.1 Å². The normalized spacial score (nSPS) is 17.3. The van der Waals surface area contributed by atoms with Crippen molar-refractivity contribution in [3.05, 3.63) is 29.3 Å². The summed E-state index contributed by atoms with van der Waals surface area (Å²) in [5.74, 6) is -0.591. The number of hydrogen-bond donors (Lipinski definition) is 2. The maximum Gasteiger partial charge on any atom is 0.254 e. The largest absolute Gasteiger partial charge is 0.355 e. The third-order valence-corrected chi connectivity index (χ3v) is 5.50. The minimum absolute atomic E-state index is 0. The fraction of sp³-hybridized carbons (Fsp3) is 0.529. The molecule has 1 aromatic rings. The lowest BCUT2D eigenvalue weighted by molar-refractivity contribution is -0.126. The average molecular weight is 404 g/mol. The van der Waals surface area contributed by atoms with Crippen molar-refractivity contribution in [2.45, 2.75) is 24.7 Å². The van der Waals surface area contributed by atoms with Crippen LogP contribution in [0.4, 0.5) is 0 Å². The Bertz CT molecular complexity index is 767. The van der Waals surface area contributed by atoms with E-state index in [1.807, 2.05) is 0 Å². The van der Waals surface area contributed by atoms with E-state index in [2.05, 4.69) is 5.32 Å². The number of nitrogens with one attached hydrogen (secondary N) is 1. The molecule has 2 amide bonds. The topological polar surface area (TPSA) is 110 Å². The van der Waals surface area contributed by atoms with Crippen molar-refractivity contribution >= 4 is 34.1 Å². The van der Waals surface area contributed by atoms with Crippen molar-refractivity contribution in [2.24, 2.45) is 11.7 Å². The van der Waals surface area contributed by atoms with Crippen LogP contribution >= 0.6 is 12.4 Å². The third kappa shape index (κ3) is 5.43. The van der Waals surface area contributed by atoms with Gasteiger partial charge in [0.25, 0.3) is 5.91 Å². The van der Waals surface area contributed by atoms with Gasteiger partial charge in [-0.05, 0) is 37.5 Å². The smallest absolute Gasteiger partial charge is 0.254 e. The van der Waals surface area contributed by atoms with E-state index in [0.717, 1.165) is 19.1 Å². The van der Waals surface area contributed by atoms with E-state index in [1.54, 1.807) is 17.9 Å². The Morgan fingerprint density at radius 3 is 2.65 bits per heavy atom. The van der Waals surface area contributed by atoms with Gasteiger partial charge in [-0.25, -0.2) is 8.42 Å². The number of nitrogens with zero attached hydrogens (tertiary/aromatic N) is 1. The third-order valence-electron chi connectivity index (χ3n) is 4.39. The van der Waals surface area contributed by atoms with E-state index < -0.39 is 9.84 Å². The molecule has 7 nitrogen and oxygen atoms in total. The molecule has 2 rings (SSSR count). The predicted octanol–water partition coefficient (Wildman–Crippen LogP) is 0.747. The first-order valence-corrected chi connectivity index (χ1v) is 10.2. The van der Waals surface area contributed by atoms with Gasteiger partial charge in [-0.15, -0.1) is 12.4 Å². The zero-order valence-electron chi connectivity index (χ0n) is 15.0. The number of amides is 2. The molecule has 1 heterocycles. The van der Waals surface area contributed by atoms with Gasteiger partial charge in [0.15, 0.2) is 9.84 Å². The molecular weight excluding hydrogens is 378 g/mol. The van der Waals surface area contributed by atoms with Crippen LogP contribution in [0.25, 0.3) is 0 Å². The van der Waals surface area contributed by atoms with Crippen LogP contribution in [0.1, 0.15) is 28.8 Å². The van der Waals surface area contributed by atoms with Gasteiger partial charge in [-0.1, -0.05) is 6.07 Å². The molecule has 1 atom stereocenters. The molecule has 0 aromatic heterocycles. The second kappa shape index (κ2) is 9.34. The highest BCUT2D eigenvalue weighted by atomic mass is 35.5. The number of carbonyl (C=O) groups excluding carboxylic acids is 2. The number of nitrogens with two attached hydrogens (primary N) is 1. The Labute approximate surface area is 160 Å². The van der Waals surface area contributed by atoms with Crippen LogP contribution in [-0.2, 0) is 14.6 Å². The molecule has 1 aliphatic rings. The van der Waals surface area contributed by atoms with E-state index >= 15 is 0 Å². The molecule has 0 spiro atoms. The Kier molecular flexibility index (Phi) is 8.05. The van der Waals surface area contributed by atoms with Gasteiger partial charge in [0.2, 0.25) is 5.91 Å². The summed E-state index contributed by atoms with van der Waals surface area (Å²) >= 11 is 0. The quantitative estimate of drug-likeness (QED) is 0.753. The van der Waals surface area contributed by atoms with Gasteiger partial charge in [0.05, 0.1) is 10.8 Å². The van der Waals surface area contributed by atoms with E-state index in [-0.39, 0.29) is 35.0 Å². The Balaban J connectivity index is 0.00000338. The molecule has 146 valence electrons. The van der Waals surface area contributed by atoms with Gasteiger partial charge < -0.3 is 16.0 Å². The molecule has 1 fully saturated rings. The van der Waals surface area contributed by atoms with Crippen molar-refractivity contribution in [1.82, 2.24) is 10.2 Å². The first kappa shape index (κ1) is 22.4. The van der Waals surface area contributed by atoms with Crippen LogP contribution < -0.4 is 11.1 Å². The van der Waals surface area contributed by atoms with Crippen LogP contribution in [-0.4, -0.2) is 57.6 Å². The number of rotatable bonds is 5. The van der Waals surface area contributed by atoms with Crippen LogP contribution in [0.15, 0.2) is 23.1 Å². The van der Waals surface area contributed by atoms with Crippen molar-refractivity contribution in [2.75, 3.05) is 32.4 Å². The monoisotopic (exact) mass is 403 g/mol. The number of sulfone groups is 1. The highest BCUT2D eigenvalue weighted by molar-refractivity contribution is 7.90. The number of carbonyl (C=O) groups is 2. The number of benzene rings is 1. The summed E-state index contributed by atoms with van der Waals surface area (Å²) in [6.45, 7) is 3.45. The molecule has 26 heavy (non-hydrogen) atoms. The number of likely N-dealkylation sites (tertiary alicyclic amines) is 1. The summed E-state index contributed by atoms with van der Waals surface area (Å²) in [5.41, 5.74) is 6.48. The molecule has 0 radical (unpaired) electrons. The molecule has 1 aromatic carbocycles. The summed E-state index contributed by atoms with van der Waals surface area (Å²) < 4.78 is 23.5. The number of halogens is 1. The predicted molar refractivity (Wildman–Crippen MR) is 102 cm³/mol. The molecule has 9 heteroatoms. The number of aryl methyl sites for hydroxylation is 1. The molecule has 0 aliphatic carbocycles. The molecule has 1 unspecified atom stereocenters. The standard InChI is InChI=1S/C17H25N3O4S.ClH/c1-12-5-6-14(25(2,23)24)10-15(12)17(22)20-9-3-4-13(11-20)16(21)19-8-7-18;/h5-6,10,13H,3-4,7-9,11,18H2,1-2H3,(H,19,21);1H. The van der Waals surface area contributed by atoms with Crippen LogP contribution in [0.5, 0.6) is 0 Å². The summed E-state index contributed by atoms with van der Waals surface area (Å²) in [6.07, 6.45) is 2.57. The second-order valence-electron chi connectivity index (χ2n) is 6.42. The lowest BCUT2D eigenvalue weighted by Gasteiger charge is -2.32. The van der Waals surface area contributed by atoms with Crippen LogP contribution in [0, 0.1) is 12.8 Å². The zero-order chi connectivity index (χ0) is 18.6. The van der Waals surface area contributed by atoms with Crippen molar-refractivity contribution in [3.8, 4) is 0 Å². The molecule has 0 bridgehead atoms. The fourth-order valence-corrected chi connectivity index (χ4v) is 3.59. The van der Waals surface area contributed by atoms with Gasteiger partial charge in [0.1, 0.15) is 0 Å². The minimum atomic E-state index is -3.39. The highest BCUT2D eigenvalue weighted by Crippen LogP contribution is 2.22. The summed E-state index contributed by atoms with van der Waals surface area (Å²) in [6, 6.07) is 4.56. The number of hydrogen-bond acceptors (Lipinski definition) is 5. The first-order valence-electron chi connectivity index (χ1n) is 8.32. The SMILES string of the molecule is Cc1ccc(S(C)(=O)=O)cc1C(=O)N1CCCC(C(=O)NCCN)C1.Cl. The van der Waals surface area contributed by atoms with Gasteiger partial charge in [-0.3, -0.25) is 9.59 Å². The van der Waals surface area contributed by atoms with E-state index in [9.17, 15) is 18.0 Å². The maximum atomic E-state index is 12.9. The van der Waals surface area contributed by atoms with E-state index in [4.69, 9.17) is 5.73 Å². The number of piperidine rings is 1. The van der Waals surface area contributed by atoms with Crippen LogP contribution in [0.3, 0.4) is 0 Å². The van der Waals surface area contributed by atoms with E-state index in [0.29, 0.717) is 37.3 Å². The van der Waals surface area contributed by atoms with Crippen molar-refractivity contribution in [3.63, 3.8) is 0 Å². The van der Waals surface area contributed by atoms with Crippen molar-refractivity contribution in [1.29, 1.82) is 0 Å². The van der Waals surface area contributed by atoms with Crippen molar-refractivity contribution < 1.29 is 18.0 Å². The fourth-order valence-electron chi connectivity index (χ4n) is 2.95. The molecule has 1 saturated heterocycles. The average Bonchev–Trinajstić information content (AvgIpc) is 2.58. The Hall–Kier alpha value is -1.64. The molecule has 1 aliphatic heterocycles. The Morgan fingerprint density at radius 2 is 2.04 bits per heavy atom. The van der Waals surface area contributed by atoms with Crippen LogP contribution in [0.2, 0.25) is 0 Å². The lowest BCUT2D eigenvalue weighted by atomic mass is 9.96. The highest BCUT2D eigenvalue weighted by Gasteiger charge is 2.29. The first-order chi connectivity index (χ1) is 11.7. The van der Waals surface area contributed by atoms with Gasteiger partial charge in [0, 0.05) is 38.0 Å². The second-order valence-corrected chi connectivity index (χ2v) is 8.43. The summed E-state index contributed by atoms with van der Waals surface area (Å²) in [7, 11) is -3.39. The molecule has 3 N–H and O–H groups in total. The Morgan fingerprint density at radius 1 is 1.35 bits per heavy atom. The molecule has 0 saturated carbocycles. The maximum absolute atomic E-state index is 12.9. The zero-order valence-corrected chi connectivity index (χ0v) is 16.7. The minimum Gasteiger partial charge on any atom is -0.355 e. The molecular formula is C17H26ClN3O4S. The summed E-state index contributed by atoms with van der Waals surface area (Å²) in [5, 5.41) is 2.76. The van der Waals surface area contributed by atoms with Gasteiger partial charge in [-0.2, -0.15) is 0 Å². The summed E-state index contributed by atoms with van der Waals surface area (Å²) in [4.78, 5) is 26.7.